The van der Waals surface area contributed by atoms with Crippen LogP contribution >= 0.6 is 0 Å². The van der Waals surface area contributed by atoms with Crippen molar-refractivity contribution in [3.8, 4) is 0 Å². The molecule has 0 bridgehead atoms. The monoisotopic (exact) mass is 209 g/mol. The number of nitrogens with two attached hydrogens (primary N) is 1. The summed E-state index contributed by atoms with van der Waals surface area (Å²) in [7, 11) is 1.95. The predicted molar refractivity (Wildman–Crippen MR) is 58.4 cm³/mol. The van der Waals surface area contributed by atoms with Gasteiger partial charge in [0.1, 0.15) is 0 Å². The van der Waals surface area contributed by atoms with Gasteiger partial charge >= 0.3 is 0 Å². The molecule has 2 atom stereocenters. The number of aliphatic hydroxyl groups is 1. The second-order valence-corrected chi connectivity index (χ2v) is 4.47. The fourth-order valence-electron chi connectivity index (χ4n) is 2.64. The maximum Gasteiger partial charge on any atom is 0.0828 e. The van der Waals surface area contributed by atoms with E-state index in [2.05, 4.69) is 5.10 Å². The minimum absolute atomic E-state index is 0.348. The van der Waals surface area contributed by atoms with Gasteiger partial charge in [-0.25, -0.2) is 0 Å². The normalized spacial score (nSPS) is 25.3. The Bertz CT molecular complexity index is 359. The van der Waals surface area contributed by atoms with E-state index in [4.69, 9.17) is 5.73 Å². The van der Waals surface area contributed by atoms with Gasteiger partial charge in [0.25, 0.3) is 0 Å². The lowest BCUT2D eigenvalue weighted by molar-refractivity contribution is 0.128. The van der Waals surface area contributed by atoms with Crippen molar-refractivity contribution in [1.29, 1.82) is 0 Å². The van der Waals surface area contributed by atoms with Crippen molar-refractivity contribution in [1.82, 2.24) is 9.78 Å². The Labute approximate surface area is 90.1 Å². The van der Waals surface area contributed by atoms with Gasteiger partial charge in [-0.3, -0.25) is 4.68 Å². The summed E-state index contributed by atoms with van der Waals surface area (Å²) in [5.41, 5.74) is 8.76. The van der Waals surface area contributed by atoms with Crippen LogP contribution in [0, 0.1) is 12.8 Å². The van der Waals surface area contributed by atoms with Crippen LogP contribution in [0.25, 0.3) is 0 Å². The molecule has 4 nitrogen and oxygen atoms in total. The van der Waals surface area contributed by atoms with Crippen molar-refractivity contribution >= 4 is 0 Å². The van der Waals surface area contributed by atoms with E-state index in [0.717, 1.165) is 30.5 Å². The minimum atomic E-state index is -0.348. The SMILES string of the molecule is Cc1nn(C)c2c1C(O)CC(CCN)C2. The van der Waals surface area contributed by atoms with Crippen LogP contribution in [0.5, 0.6) is 0 Å². The largest absolute Gasteiger partial charge is 0.388 e. The third-order valence-corrected chi connectivity index (χ3v) is 3.34. The number of hydrogen-bond acceptors (Lipinski definition) is 3. The molecule has 0 saturated carbocycles. The molecule has 1 aromatic rings. The Balaban J connectivity index is 2.30. The molecule has 1 aromatic heterocycles. The molecular formula is C11H19N3O. The van der Waals surface area contributed by atoms with E-state index in [9.17, 15) is 5.11 Å². The zero-order chi connectivity index (χ0) is 11.0. The van der Waals surface area contributed by atoms with Gasteiger partial charge in [-0.2, -0.15) is 5.10 Å². The zero-order valence-electron chi connectivity index (χ0n) is 9.40. The van der Waals surface area contributed by atoms with E-state index in [1.165, 1.54) is 5.69 Å². The van der Waals surface area contributed by atoms with Gasteiger partial charge in [0.2, 0.25) is 0 Å². The third kappa shape index (κ3) is 1.79. The summed E-state index contributed by atoms with van der Waals surface area (Å²) in [5.74, 6) is 0.507. The third-order valence-electron chi connectivity index (χ3n) is 3.34. The number of rotatable bonds is 2. The lowest BCUT2D eigenvalue weighted by Crippen LogP contribution is -2.22. The summed E-state index contributed by atoms with van der Waals surface area (Å²) >= 11 is 0. The van der Waals surface area contributed by atoms with Crippen molar-refractivity contribution in [2.24, 2.45) is 18.7 Å². The summed E-state index contributed by atoms with van der Waals surface area (Å²) in [6, 6.07) is 0. The fraction of sp³-hybridized carbons (Fsp3) is 0.727. The Morgan fingerprint density at radius 3 is 3.00 bits per heavy atom. The first kappa shape index (κ1) is 10.6. The summed E-state index contributed by atoms with van der Waals surface area (Å²) < 4.78 is 1.90. The van der Waals surface area contributed by atoms with Gasteiger partial charge in [0.15, 0.2) is 0 Å². The van der Waals surface area contributed by atoms with Crippen LogP contribution in [0.3, 0.4) is 0 Å². The molecule has 2 unspecified atom stereocenters. The molecule has 0 spiro atoms. The standard InChI is InChI=1S/C11H19N3O/c1-7-11-9(14(2)13-7)5-8(3-4-12)6-10(11)15/h8,10,15H,3-6,12H2,1-2H3. The van der Waals surface area contributed by atoms with Crippen LogP contribution in [-0.2, 0) is 13.5 Å². The molecule has 0 amide bonds. The number of aryl methyl sites for hydroxylation is 2. The first-order chi connectivity index (χ1) is 7.13. The lowest BCUT2D eigenvalue weighted by Gasteiger charge is -2.26. The highest BCUT2D eigenvalue weighted by Crippen LogP contribution is 2.35. The van der Waals surface area contributed by atoms with Crippen LogP contribution in [0.2, 0.25) is 0 Å². The second kappa shape index (κ2) is 3.94. The van der Waals surface area contributed by atoms with Crippen molar-refractivity contribution in [3.63, 3.8) is 0 Å². The maximum absolute atomic E-state index is 10.1. The summed E-state index contributed by atoms with van der Waals surface area (Å²) in [6.45, 7) is 2.66. The zero-order valence-corrected chi connectivity index (χ0v) is 9.40. The maximum atomic E-state index is 10.1. The average Bonchev–Trinajstić information content (AvgIpc) is 2.43. The minimum Gasteiger partial charge on any atom is -0.388 e. The smallest absolute Gasteiger partial charge is 0.0828 e. The molecule has 84 valence electrons. The highest BCUT2D eigenvalue weighted by atomic mass is 16.3. The Hall–Kier alpha value is -0.870. The van der Waals surface area contributed by atoms with Crippen LogP contribution in [-0.4, -0.2) is 21.4 Å². The van der Waals surface area contributed by atoms with Gasteiger partial charge in [-0.15, -0.1) is 0 Å². The van der Waals surface area contributed by atoms with Gasteiger partial charge in [0.05, 0.1) is 11.8 Å². The summed E-state index contributed by atoms with van der Waals surface area (Å²) in [4.78, 5) is 0. The van der Waals surface area contributed by atoms with E-state index in [-0.39, 0.29) is 6.10 Å². The summed E-state index contributed by atoms with van der Waals surface area (Å²) in [6.07, 6.45) is 2.47. The highest BCUT2D eigenvalue weighted by Gasteiger charge is 2.29. The van der Waals surface area contributed by atoms with Crippen molar-refractivity contribution in [2.75, 3.05) is 6.54 Å². The topological polar surface area (TPSA) is 64.1 Å². The van der Waals surface area contributed by atoms with E-state index in [0.29, 0.717) is 12.5 Å². The number of aliphatic hydroxyl groups excluding tert-OH is 1. The van der Waals surface area contributed by atoms with Gasteiger partial charge in [0, 0.05) is 18.3 Å². The molecule has 1 aliphatic rings. The molecular weight excluding hydrogens is 190 g/mol. The number of hydrogen-bond donors (Lipinski definition) is 2. The van der Waals surface area contributed by atoms with Crippen molar-refractivity contribution in [3.05, 3.63) is 17.0 Å². The molecule has 1 heterocycles. The molecule has 0 radical (unpaired) electrons. The quantitative estimate of drug-likeness (QED) is 0.752. The van der Waals surface area contributed by atoms with E-state index in [1.54, 1.807) is 0 Å². The molecule has 0 saturated heterocycles. The molecule has 0 aromatic carbocycles. The Morgan fingerprint density at radius 1 is 1.60 bits per heavy atom. The van der Waals surface area contributed by atoms with Crippen LogP contribution in [0.1, 0.15) is 35.9 Å². The van der Waals surface area contributed by atoms with Crippen LogP contribution in [0.15, 0.2) is 0 Å². The molecule has 1 aliphatic carbocycles. The molecule has 3 N–H and O–H groups in total. The van der Waals surface area contributed by atoms with Gasteiger partial charge in [-0.05, 0) is 38.6 Å². The Kier molecular flexibility index (Phi) is 2.80. The van der Waals surface area contributed by atoms with E-state index in [1.807, 2.05) is 18.7 Å². The number of fused-ring (bicyclic) bond motifs is 1. The molecule has 0 fully saturated rings. The average molecular weight is 209 g/mol. The van der Waals surface area contributed by atoms with Crippen molar-refractivity contribution in [2.45, 2.75) is 32.3 Å². The van der Waals surface area contributed by atoms with Gasteiger partial charge in [-0.1, -0.05) is 0 Å². The van der Waals surface area contributed by atoms with Gasteiger partial charge < -0.3 is 10.8 Å². The Morgan fingerprint density at radius 2 is 2.33 bits per heavy atom. The van der Waals surface area contributed by atoms with Crippen molar-refractivity contribution < 1.29 is 5.11 Å². The van der Waals surface area contributed by atoms with E-state index < -0.39 is 0 Å². The molecule has 15 heavy (non-hydrogen) atoms. The number of nitrogens with zero attached hydrogens (tertiary/aromatic N) is 2. The first-order valence-corrected chi connectivity index (χ1v) is 5.54. The molecule has 0 aliphatic heterocycles. The predicted octanol–water partition coefficient (Wildman–Crippen LogP) is 0.673. The second-order valence-electron chi connectivity index (χ2n) is 4.47. The molecule has 4 heteroatoms. The van der Waals surface area contributed by atoms with Crippen LogP contribution in [0.4, 0.5) is 0 Å². The number of aromatic nitrogens is 2. The first-order valence-electron chi connectivity index (χ1n) is 5.54. The highest BCUT2D eigenvalue weighted by molar-refractivity contribution is 5.30. The summed E-state index contributed by atoms with van der Waals surface area (Å²) in [5, 5.41) is 14.4. The van der Waals surface area contributed by atoms with E-state index >= 15 is 0 Å². The lowest BCUT2D eigenvalue weighted by atomic mass is 9.83. The van der Waals surface area contributed by atoms with Crippen LogP contribution < -0.4 is 5.73 Å². The fourth-order valence-corrected chi connectivity index (χ4v) is 2.64. The molecule has 2 rings (SSSR count).